The molecule has 1 aliphatic rings. The molecule has 0 spiro atoms. The Morgan fingerprint density at radius 3 is 2.94 bits per heavy atom. The van der Waals surface area contributed by atoms with Gasteiger partial charge in [0, 0.05) is 13.1 Å². The molecule has 4 nitrogen and oxygen atoms in total. The lowest BCUT2D eigenvalue weighted by Crippen LogP contribution is -2.54. The van der Waals surface area contributed by atoms with E-state index >= 15 is 0 Å². The molecule has 1 aliphatic heterocycles. The van der Waals surface area contributed by atoms with Crippen LogP contribution < -0.4 is 4.90 Å². The standard InChI is InChI=1S/C12H17ClFN3O/c1-8-10(14)11(16-7-15-8)17-5-9(4-13)18-12(2,3)6-17/h7,9H,4-6H2,1-3H3. The van der Waals surface area contributed by atoms with E-state index in [4.69, 9.17) is 16.3 Å². The van der Waals surface area contributed by atoms with Gasteiger partial charge >= 0.3 is 0 Å². The third-order valence-electron chi connectivity index (χ3n) is 2.90. The van der Waals surface area contributed by atoms with Gasteiger partial charge < -0.3 is 9.64 Å². The number of anilines is 1. The maximum absolute atomic E-state index is 14.0. The van der Waals surface area contributed by atoms with E-state index in [1.807, 2.05) is 18.7 Å². The fraction of sp³-hybridized carbons (Fsp3) is 0.667. The Bertz CT molecular complexity index is 441. The zero-order valence-corrected chi connectivity index (χ0v) is 11.5. The first-order valence-corrected chi connectivity index (χ1v) is 6.42. The van der Waals surface area contributed by atoms with Crippen molar-refractivity contribution in [3.8, 4) is 0 Å². The molecule has 1 aromatic heterocycles. The molecule has 100 valence electrons. The highest BCUT2D eigenvalue weighted by molar-refractivity contribution is 6.18. The van der Waals surface area contributed by atoms with E-state index in [-0.39, 0.29) is 17.5 Å². The Kier molecular flexibility index (Phi) is 3.73. The van der Waals surface area contributed by atoms with Crippen LogP contribution in [0.3, 0.4) is 0 Å². The highest BCUT2D eigenvalue weighted by Crippen LogP contribution is 2.27. The topological polar surface area (TPSA) is 38.2 Å². The molecule has 1 atom stereocenters. The van der Waals surface area contributed by atoms with Crippen LogP contribution in [0.25, 0.3) is 0 Å². The number of aryl methyl sites for hydroxylation is 1. The minimum atomic E-state index is -0.372. The quantitative estimate of drug-likeness (QED) is 0.774. The molecule has 1 aromatic rings. The summed E-state index contributed by atoms with van der Waals surface area (Å²) < 4.78 is 19.8. The van der Waals surface area contributed by atoms with Crippen LogP contribution in [0.4, 0.5) is 10.2 Å². The van der Waals surface area contributed by atoms with Crippen molar-refractivity contribution in [2.75, 3.05) is 23.9 Å². The Labute approximate surface area is 111 Å². The highest BCUT2D eigenvalue weighted by atomic mass is 35.5. The van der Waals surface area contributed by atoms with Gasteiger partial charge in [0.05, 0.1) is 23.3 Å². The van der Waals surface area contributed by atoms with Gasteiger partial charge in [0.1, 0.15) is 6.33 Å². The second kappa shape index (κ2) is 4.97. The number of hydrogen-bond donors (Lipinski definition) is 0. The van der Waals surface area contributed by atoms with Crippen molar-refractivity contribution in [3.63, 3.8) is 0 Å². The molecule has 0 saturated carbocycles. The molecule has 1 saturated heterocycles. The van der Waals surface area contributed by atoms with Gasteiger partial charge in [-0.05, 0) is 20.8 Å². The Balaban J connectivity index is 2.29. The van der Waals surface area contributed by atoms with Gasteiger partial charge in [-0.25, -0.2) is 14.4 Å². The first kappa shape index (κ1) is 13.5. The summed E-state index contributed by atoms with van der Waals surface area (Å²) in [6.45, 7) is 6.68. The summed E-state index contributed by atoms with van der Waals surface area (Å²) in [5, 5.41) is 0. The molecule has 0 aliphatic carbocycles. The number of morpholine rings is 1. The van der Waals surface area contributed by atoms with Gasteiger partial charge in [-0.3, -0.25) is 0 Å². The maximum Gasteiger partial charge on any atom is 0.186 e. The Morgan fingerprint density at radius 2 is 2.28 bits per heavy atom. The molecule has 2 heterocycles. The van der Waals surface area contributed by atoms with Gasteiger partial charge in [-0.15, -0.1) is 11.6 Å². The summed E-state index contributed by atoms with van der Waals surface area (Å²) in [5.41, 5.74) is -0.0185. The summed E-state index contributed by atoms with van der Waals surface area (Å²) in [5.74, 6) is 0.337. The molecule has 2 rings (SSSR count). The van der Waals surface area contributed by atoms with Crippen LogP contribution >= 0.6 is 11.6 Å². The van der Waals surface area contributed by atoms with Crippen LogP contribution in [0.15, 0.2) is 6.33 Å². The second-order valence-electron chi connectivity index (χ2n) is 5.13. The van der Waals surface area contributed by atoms with Gasteiger partial charge in [0.25, 0.3) is 0 Å². The van der Waals surface area contributed by atoms with Crippen LogP contribution in [0.5, 0.6) is 0 Å². The monoisotopic (exact) mass is 273 g/mol. The number of rotatable bonds is 2. The van der Waals surface area contributed by atoms with Gasteiger partial charge in [-0.2, -0.15) is 0 Å². The molecular formula is C12H17ClFN3O. The van der Waals surface area contributed by atoms with Crippen molar-refractivity contribution in [1.82, 2.24) is 9.97 Å². The maximum atomic E-state index is 14.0. The number of hydrogen-bond acceptors (Lipinski definition) is 4. The van der Waals surface area contributed by atoms with E-state index in [0.717, 1.165) is 0 Å². The van der Waals surface area contributed by atoms with Gasteiger partial charge in [0.2, 0.25) is 0 Å². The zero-order chi connectivity index (χ0) is 13.3. The third-order valence-corrected chi connectivity index (χ3v) is 3.24. The van der Waals surface area contributed by atoms with Crippen LogP contribution in [-0.2, 0) is 4.74 Å². The van der Waals surface area contributed by atoms with Crippen molar-refractivity contribution in [2.45, 2.75) is 32.5 Å². The number of halogens is 2. The predicted octanol–water partition coefficient (Wildman–Crippen LogP) is 2.15. The van der Waals surface area contributed by atoms with Crippen LogP contribution in [0.1, 0.15) is 19.5 Å². The van der Waals surface area contributed by atoms with Gasteiger partial charge in [0.15, 0.2) is 11.6 Å². The summed E-state index contributed by atoms with van der Waals surface area (Å²) in [6.07, 6.45) is 1.26. The molecule has 0 aromatic carbocycles. The predicted molar refractivity (Wildman–Crippen MR) is 68.6 cm³/mol. The average molecular weight is 274 g/mol. The normalized spacial score (nSPS) is 23.2. The van der Waals surface area contributed by atoms with E-state index in [9.17, 15) is 4.39 Å². The van der Waals surface area contributed by atoms with Crippen LogP contribution in [-0.4, -0.2) is 40.6 Å². The molecule has 18 heavy (non-hydrogen) atoms. The fourth-order valence-corrected chi connectivity index (χ4v) is 2.36. The molecule has 6 heteroatoms. The second-order valence-corrected chi connectivity index (χ2v) is 5.44. The molecule has 1 unspecified atom stereocenters. The van der Waals surface area contributed by atoms with Crippen LogP contribution in [0.2, 0.25) is 0 Å². The zero-order valence-electron chi connectivity index (χ0n) is 10.8. The summed E-state index contributed by atoms with van der Waals surface area (Å²) in [7, 11) is 0. The SMILES string of the molecule is Cc1ncnc(N2CC(CCl)OC(C)(C)C2)c1F. The van der Waals surface area contributed by atoms with Crippen molar-refractivity contribution in [3.05, 3.63) is 17.8 Å². The smallest absolute Gasteiger partial charge is 0.186 e. The van der Waals surface area contributed by atoms with E-state index in [1.54, 1.807) is 6.92 Å². The fourth-order valence-electron chi connectivity index (χ4n) is 2.20. The number of aromatic nitrogens is 2. The lowest BCUT2D eigenvalue weighted by molar-refractivity contribution is -0.0738. The molecular weight excluding hydrogens is 257 g/mol. The summed E-state index contributed by atoms with van der Waals surface area (Å²) >= 11 is 5.85. The Morgan fingerprint density at radius 1 is 1.56 bits per heavy atom. The summed E-state index contributed by atoms with van der Waals surface area (Å²) in [6, 6.07) is 0. The van der Waals surface area contributed by atoms with Crippen LogP contribution in [0, 0.1) is 12.7 Å². The lowest BCUT2D eigenvalue weighted by Gasteiger charge is -2.42. The minimum Gasteiger partial charge on any atom is -0.367 e. The first-order chi connectivity index (χ1) is 8.43. The van der Waals surface area contributed by atoms with E-state index in [1.165, 1.54) is 6.33 Å². The third kappa shape index (κ3) is 2.72. The van der Waals surface area contributed by atoms with Crippen molar-refractivity contribution in [1.29, 1.82) is 0 Å². The molecule has 0 bridgehead atoms. The first-order valence-electron chi connectivity index (χ1n) is 5.89. The van der Waals surface area contributed by atoms with Crippen molar-refractivity contribution < 1.29 is 9.13 Å². The summed E-state index contributed by atoms with van der Waals surface area (Å²) in [4.78, 5) is 9.75. The minimum absolute atomic E-state index is 0.120. The molecule has 0 N–H and O–H groups in total. The number of ether oxygens (including phenoxy) is 1. The Hall–Kier alpha value is -0.940. The van der Waals surface area contributed by atoms with E-state index in [2.05, 4.69) is 9.97 Å². The van der Waals surface area contributed by atoms with E-state index in [0.29, 0.717) is 30.5 Å². The largest absolute Gasteiger partial charge is 0.367 e. The van der Waals surface area contributed by atoms with Crippen molar-refractivity contribution >= 4 is 17.4 Å². The number of nitrogens with zero attached hydrogens (tertiary/aromatic N) is 3. The highest BCUT2D eigenvalue weighted by Gasteiger charge is 2.34. The number of alkyl halides is 1. The molecule has 0 amide bonds. The van der Waals surface area contributed by atoms with Crippen molar-refractivity contribution in [2.24, 2.45) is 0 Å². The average Bonchev–Trinajstić information content (AvgIpc) is 2.30. The molecule has 1 fully saturated rings. The molecule has 0 radical (unpaired) electrons. The van der Waals surface area contributed by atoms with E-state index < -0.39 is 0 Å². The van der Waals surface area contributed by atoms with Gasteiger partial charge in [-0.1, -0.05) is 0 Å². The lowest BCUT2D eigenvalue weighted by atomic mass is 10.1.